The largest absolute Gasteiger partial charge is 0.490 e. The lowest BCUT2D eigenvalue weighted by Crippen LogP contribution is -2.42. The number of carbonyl (C=O) groups excluding carboxylic acids is 2. The highest BCUT2D eigenvalue weighted by Crippen LogP contribution is 2.32. The molecule has 2 heterocycles. The van der Waals surface area contributed by atoms with Crippen molar-refractivity contribution in [3.05, 3.63) is 53.1 Å². The van der Waals surface area contributed by atoms with E-state index in [2.05, 4.69) is 15.3 Å². The first-order valence-corrected chi connectivity index (χ1v) is 10.6. The predicted molar refractivity (Wildman–Crippen MR) is 112 cm³/mol. The van der Waals surface area contributed by atoms with E-state index >= 15 is 0 Å². The van der Waals surface area contributed by atoms with Crippen molar-refractivity contribution in [1.29, 1.82) is 0 Å². The van der Waals surface area contributed by atoms with Gasteiger partial charge >= 0.3 is 0 Å². The predicted octanol–water partition coefficient (Wildman–Crippen LogP) is 2.80. The molecule has 7 nitrogen and oxygen atoms in total. The Morgan fingerprint density at radius 2 is 1.67 bits per heavy atom. The molecule has 158 valence electrons. The normalized spacial score (nSPS) is 16.9. The van der Waals surface area contributed by atoms with Gasteiger partial charge in [0, 0.05) is 48.8 Å². The maximum atomic E-state index is 12.4. The Labute approximate surface area is 176 Å². The lowest BCUT2D eigenvalue weighted by Gasteiger charge is -2.32. The van der Waals surface area contributed by atoms with Gasteiger partial charge in [0.2, 0.25) is 5.91 Å². The number of hydrogen-bond acceptors (Lipinski definition) is 5. The van der Waals surface area contributed by atoms with Crippen LogP contribution in [-0.2, 0) is 11.3 Å². The lowest BCUT2D eigenvalue weighted by molar-refractivity contribution is -0.134. The molecule has 0 spiro atoms. The van der Waals surface area contributed by atoms with Gasteiger partial charge < -0.3 is 15.0 Å². The Morgan fingerprint density at radius 1 is 1.03 bits per heavy atom. The summed E-state index contributed by atoms with van der Waals surface area (Å²) >= 11 is 0. The Kier molecular flexibility index (Phi) is 5.97. The lowest BCUT2D eigenvalue weighted by atomic mass is 10.1. The zero-order valence-electron chi connectivity index (χ0n) is 17.6. The van der Waals surface area contributed by atoms with Crippen LogP contribution < -0.4 is 10.1 Å². The van der Waals surface area contributed by atoms with Crippen LogP contribution >= 0.6 is 0 Å². The highest BCUT2D eigenvalue weighted by Gasteiger charge is 2.35. The molecule has 1 N–H and O–H groups in total. The van der Waals surface area contributed by atoms with Gasteiger partial charge in [0.15, 0.2) is 0 Å². The van der Waals surface area contributed by atoms with E-state index in [0.717, 1.165) is 55.9 Å². The second-order valence-electron chi connectivity index (χ2n) is 8.19. The molecule has 7 heteroatoms. The van der Waals surface area contributed by atoms with Gasteiger partial charge in [0.05, 0.1) is 6.54 Å². The van der Waals surface area contributed by atoms with Gasteiger partial charge in [-0.2, -0.15) is 0 Å². The number of aromatic nitrogens is 2. The fourth-order valence-corrected chi connectivity index (χ4v) is 3.80. The maximum Gasteiger partial charge on any atom is 0.251 e. The number of hydrogen-bond donors (Lipinski definition) is 1. The van der Waals surface area contributed by atoms with Crippen molar-refractivity contribution in [1.82, 2.24) is 20.2 Å². The molecule has 0 bridgehead atoms. The summed E-state index contributed by atoms with van der Waals surface area (Å²) in [6.45, 7) is 5.64. The van der Waals surface area contributed by atoms with Crippen molar-refractivity contribution in [3.8, 4) is 5.75 Å². The van der Waals surface area contributed by atoms with Gasteiger partial charge in [-0.25, -0.2) is 9.97 Å². The molecule has 2 fully saturated rings. The first-order chi connectivity index (χ1) is 14.5. The van der Waals surface area contributed by atoms with Gasteiger partial charge in [-0.15, -0.1) is 0 Å². The number of nitrogens with one attached hydrogen (secondary N) is 1. The fourth-order valence-electron chi connectivity index (χ4n) is 3.80. The van der Waals surface area contributed by atoms with Crippen molar-refractivity contribution >= 4 is 11.8 Å². The van der Waals surface area contributed by atoms with Crippen molar-refractivity contribution in [2.45, 2.75) is 52.2 Å². The van der Waals surface area contributed by atoms with Crippen molar-refractivity contribution in [2.24, 2.45) is 5.92 Å². The van der Waals surface area contributed by atoms with Gasteiger partial charge in [0.25, 0.3) is 5.91 Å². The zero-order valence-corrected chi connectivity index (χ0v) is 17.6. The summed E-state index contributed by atoms with van der Waals surface area (Å²) in [6.07, 6.45) is 3.89. The minimum absolute atomic E-state index is 0.106. The molecule has 0 radical (unpaired) electrons. The Balaban J connectivity index is 1.25. The highest BCUT2D eigenvalue weighted by atomic mass is 16.5. The van der Waals surface area contributed by atoms with Crippen LogP contribution in [-0.4, -0.2) is 45.9 Å². The third-order valence-electron chi connectivity index (χ3n) is 5.54. The van der Waals surface area contributed by atoms with Crippen LogP contribution in [0.3, 0.4) is 0 Å². The number of benzene rings is 1. The average molecular weight is 409 g/mol. The van der Waals surface area contributed by atoms with Crippen LogP contribution in [0.1, 0.15) is 53.3 Å². The van der Waals surface area contributed by atoms with Gasteiger partial charge in [-0.05, 0) is 57.0 Å². The summed E-state index contributed by atoms with van der Waals surface area (Å²) in [4.78, 5) is 35.2. The standard InChI is InChI=1S/C23H28N4O3/c1-15-13-16(2)26-21(25-15)14-24-22(28)17-5-7-19(8-6-17)30-20-9-11-27(12-10-20)23(29)18-3-4-18/h5-8,13,18,20H,3-4,9-12,14H2,1-2H3,(H,24,28). The fraction of sp³-hybridized carbons (Fsp3) is 0.478. The third-order valence-corrected chi connectivity index (χ3v) is 5.54. The first kappa shape index (κ1) is 20.3. The number of amides is 2. The molecule has 1 saturated carbocycles. The first-order valence-electron chi connectivity index (χ1n) is 10.6. The number of nitrogens with zero attached hydrogens (tertiary/aromatic N) is 3. The summed E-state index contributed by atoms with van der Waals surface area (Å²) in [6, 6.07) is 9.07. The van der Waals surface area contributed by atoms with Crippen LogP contribution in [0.2, 0.25) is 0 Å². The molecule has 1 saturated heterocycles. The summed E-state index contributed by atoms with van der Waals surface area (Å²) in [5.41, 5.74) is 2.34. The second-order valence-corrected chi connectivity index (χ2v) is 8.19. The molecule has 0 atom stereocenters. The minimum atomic E-state index is -0.170. The summed E-state index contributed by atoms with van der Waals surface area (Å²) in [7, 11) is 0. The molecule has 2 amide bonds. The van der Waals surface area contributed by atoms with Crippen molar-refractivity contribution < 1.29 is 14.3 Å². The van der Waals surface area contributed by atoms with Gasteiger partial charge in [0.1, 0.15) is 17.7 Å². The molecule has 1 aliphatic heterocycles. The second kappa shape index (κ2) is 8.81. The average Bonchev–Trinajstić information content (AvgIpc) is 3.57. The van der Waals surface area contributed by atoms with Crippen LogP contribution in [0.4, 0.5) is 0 Å². The van der Waals surface area contributed by atoms with Gasteiger partial charge in [-0.3, -0.25) is 9.59 Å². The van der Waals surface area contributed by atoms with Crippen LogP contribution in [0.25, 0.3) is 0 Å². The quantitative estimate of drug-likeness (QED) is 0.795. The smallest absolute Gasteiger partial charge is 0.251 e. The van der Waals surface area contributed by atoms with Crippen LogP contribution in [0.5, 0.6) is 5.75 Å². The Bertz CT molecular complexity index is 896. The highest BCUT2D eigenvalue weighted by molar-refractivity contribution is 5.94. The maximum absolute atomic E-state index is 12.4. The SMILES string of the molecule is Cc1cc(C)nc(CNC(=O)c2ccc(OC3CCN(C(=O)C4CC4)CC3)cc2)n1. The zero-order chi connectivity index (χ0) is 21.1. The number of likely N-dealkylation sites (tertiary alicyclic amines) is 1. The van der Waals surface area contributed by atoms with E-state index in [4.69, 9.17) is 4.74 Å². The third kappa shape index (κ3) is 5.14. The molecule has 1 aromatic carbocycles. The van der Waals surface area contributed by atoms with Crippen LogP contribution in [0, 0.1) is 19.8 Å². The van der Waals surface area contributed by atoms with Gasteiger partial charge in [-0.1, -0.05) is 0 Å². The summed E-state index contributed by atoms with van der Waals surface area (Å²) < 4.78 is 6.06. The Hall–Kier alpha value is -2.96. The molecular weight excluding hydrogens is 380 g/mol. The van der Waals surface area contributed by atoms with Crippen LogP contribution in [0.15, 0.2) is 30.3 Å². The molecule has 1 aliphatic carbocycles. The van der Waals surface area contributed by atoms with E-state index in [1.54, 1.807) is 12.1 Å². The molecule has 2 aromatic rings. The summed E-state index contributed by atoms with van der Waals surface area (Å²) in [5, 5.41) is 2.86. The molecule has 2 aliphatic rings. The van der Waals surface area contributed by atoms with E-state index < -0.39 is 0 Å². The van der Waals surface area contributed by atoms with Crippen molar-refractivity contribution in [2.75, 3.05) is 13.1 Å². The minimum Gasteiger partial charge on any atom is -0.490 e. The molecule has 30 heavy (non-hydrogen) atoms. The summed E-state index contributed by atoms with van der Waals surface area (Å²) in [5.74, 6) is 1.78. The van der Waals surface area contributed by atoms with E-state index in [0.29, 0.717) is 17.3 Å². The van der Waals surface area contributed by atoms with E-state index in [9.17, 15) is 9.59 Å². The van der Waals surface area contributed by atoms with E-state index in [1.165, 1.54) is 0 Å². The topological polar surface area (TPSA) is 84.4 Å². The number of carbonyl (C=O) groups is 2. The molecule has 1 aromatic heterocycles. The number of aryl methyl sites for hydroxylation is 2. The van der Waals surface area contributed by atoms with E-state index in [1.807, 2.05) is 36.9 Å². The van der Waals surface area contributed by atoms with Crippen molar-refractivity contribution in [3.63, 3.8) is 0 Å². The number of piperidine rings is 1. The van der Waals surface area contributed by atoms with E-state index in [-0.39, 0.29) is 24.5 Å². The molecular formula is C23H28N4O3. The molecule has 4 rings (SSSR count). The number of ether oxygens (including phenoxy) is 1. The Morgan fingerprint density at radius 3 is 2.27 bits per heavy atom. The molecule has 0 unspecified atom stereocenters. The number of rotatable bonds is 6. The monoisotopic (exact) mass is 408 g/mol.